The van der Waals surface area contributed by atoms with E-state index in [0.717, 1.165) is 17.5 Å². The number of aryl methyl sites for hydroxylation is 3. The number of benzene rings is 1. The molecule has 0 saturated heterocycles. The fraction of sp³-hybridized carbons (Fsp3) is 0.353. The molecular weight excluding hydrogens is 280 g/mol. The van der Waals surface area contributed by atoms with Gasteiger partial charge in [-0.1, -0.05) is 36.8 Å². The maximum Gasteiger partial charge on any atom is 0.303 e. The summed E-state index contributed by atoms with van der Waals surface area (Å²) < 4.78 is 1.44. The topological polar surface area (TPSA) is 72.2 Å². The lowest BCUT2D eigenvalue weighted by molar-refractivity contribution is -0.136. The van der Waals surface area contributed by atoms with Crippen molar-refractivity contribution in [3.05, 3.63) is 51.8 Å². The molecule has 0 radical (unpaired) electrons. The van der Waals surface area contributed by atoms with Crippen LogP contribution in [-0.2, 0) is 17.8 Å². The molecule has 1 aromatic carbocycles. The Morgan fingerprint density at radius 3 is 2.55 bits per heavy atom. The van der Waals surface area contributed by atoms with Crippen molar-refractivity contribution < 1.29 is 9.90 Å². The molecule has 0 spiro atoms. The highest BCUT2D eigenvalue weighted by molar-refractivity contribution is 5.67. The van der Waals surface area contributed by atoms with Crippen molar-refractivity contribution in [1.29, 1.82) is 0 Å². The molecule has 0 bridgehead atoms. The van der Waals surface area contributed by atoms with Crippen molar-refractivity contribution >= 4 is 5.97 Å². The summed E-state index contributed by atoms with van der Waals surface area (Å²) in [5, 5.41) is 13.2. The van der Waals surface area contributed by atoms with Crippen molar-refractivity contribution in [1.82, 2.24) is 9.78 Å². The summed E-state index contributed by atoms with van der Waals surface area (Å²) in [6.07, 6.45) is 0.959. The first-order valence-electron chi connectivity index (χ1n) is 7.41. The fourth-order valence-electron chi connectivity index (χ4n) is 2.25. The van der Waals surface area contributed by atoms with Crippen molar-refractivity contribution in [3.63, 3.8) is 0 Å². The van der Waals surface area contributed by atoms with Gasteiger partial charge < -0.3 is 5.11 Å². The Bertz CT molecular complexity index is 718. The van der Waals surface area contributed by atoms with Gasteiger partial charge in [-0.15, -0.1) is 0 Å². The van der Waals surface area contributed by atoms with Crippen LogP contribution in [0.15, 0.2) is 35.1 Å². The van der Waals surface area contributed by atoms with Gasteiger partial charge in [0.2, 0.25) is 0 Å². The summed E-state index contributed by atoms with van der Waals surface area (Å²) in [5.41, 5.74) is 3.08. The number of nitrogens with zero attached hydrogens (tertiary/aromatic N) is 2. The predicted molar refractivity (Wildman–Crippen MR) is 84.9 cm³/mol. The zero-order valence-corrected chi connectivity index (χ0v) is 12.9. The van der Waals surface area contributed by atoms with Gasteiger partial charge >= 0.3 is 5.97 Å². The lowest BCUT2D eigenvalue weighted by Gasteiger charge is -2.10. The smallest absolute Gasteiger partial charge is 0.303 e. The monoisotopic (exact) mass is 300 g/mol. The largest absolute Gasteiger partial charge is 0.481 e. The third-order valence-electron chi connectivity index (χ3n) is 3.44. The Morgan fingerprint density at radius 1 is 1.27 bits per heavy atom. The maximum atomic E-state index is 12.3. The Balaban J connectivity index is 2.47. The normalized spacial score (nSPS) is 10.6. The number of rotatable bonds is 6. The standard InChI is InChI=1S/C17H20N2O3/c1-3-10-19-17(22)14(8-9-16(20)21)11-15(18-19)13-6-4-12(2)5-7-13/h4-7,11H,3,8-10H2,1-2H3,(H,20,21). The van der Waals surface area contributed by atoms with E-state index in [4.69, 9.17) is 5.11 Å². The van der Waals surface area contributed by atoms with Gasteiger partial charge in [-0.3, -0.25) is 9.59 Å². The van der Waals surface area contributed by atoms with E-state index >= 15 is 0 Å². The van der Waals surface area contributed by atoms with Crippen molar-refractivity contribution in [2.75, 3.05) is 0 Å². The predicted octanol–water partition coefficient (Wildman–Crippen LogP) is 2.65. The lowest BCUT2D eigenvalue weighted by atomic mass is 10.1. The number of carboxylic acid groups (broad SMARTS) is 1. The average molecular weight is 300 g/mol. The molecule has 1 heterocycles. The van der Waals surface area contributed by atoms with Gasteiger partial charge in [0.1, 0.15) is 0 Å². The van der Waals surface area contributed by atoms with Gasteiger partial charge in [0.25, 0.3) is 5.56 Å². The number of aromatic nitrogens is 2. The third-order valence-corrected chi connectivity index (χ3v) is 3.44. The summed E-state index contributed by atoms with van der Waals surface area (Å²) in [7, 11) is 0. The SMILES string of the molecule is CCCn1nc(-c2ccc(C)cc2)cc(CCC(=O)O)c1=O. The molecule has 5 nitrogen and oxygen atoms in total. The summed E-state index contributed by atoms with van der Waals surface area (Å²) in [6, 6.07) is 9.60. The summed E-state index contributed by atoms with van der Waals surface area (Å²) in [4.78, 5) is 23.1. The van der Waals surface area contributed by atoms with Crippen LogP contribution in [0.5, 0.6) is 0 Å². The van der Waals surface area contributed by atoms with E-state index in [9.17, 15) is 9.59 Å². The molecule has 5 heteroatoms. The van der Waals surface area contributed by atoms with Gasteiger partial charge in [0.15, 0.2) is 0 Å². The Hall–Kier alpha value is -2.43. The average Bonchev–Trinajstić information content (AvgIpc) is 2.49. The molecule has 1 aromatic heterocycles. The molecule has 116 valence electrons. The number of carboxylic acids is 1. The number of aliphatic carboxylic acids is 1. The van der Waals surface area contributed by atoms with Gasteiger partial charge in [-0.2, -0.15) is 5.10 Å². The van der Waals surface area contributed by atoms with E-state index in [1.807, 2.05) is 38.1 Å². The lowest BCUT2D eigenvalue weighted by Crippen LogP contribution is -2.27. The van der Waals surface area contributed by atoms with E-state index in [1.165, 1.54) is 4.68 Å². The maximum absolute atomic E-state index is 12.3. The second-order valence-corrected chi connectivity index (χ2v) is 5.34. The van der Waals surface area contributed by atoms with E-state index < -0.39 is 5.97 Å². The number of carbonyl (C=O) groups is 1. The molecular formula is C17H20N2O3. The van der Waals surface area contributed by atoms with E-state index in [1.54, 1.807) is 6.07 Å². The van der Waals surface area contributed by atoms with Crippen molar-refractivity contribution in [2.24, 2.45) is 0 Å². The van der Waals surface area contributed by atoms with Gasteiger partial charge in [-0.05, 0) is 25.8 Å². The minimum atomic E-state index is -0.907. The van der Waals surface area contributed by atoms with Crippen LogP contribution in [0.25, 0.3) is 11.3 Å². The minimum absolute atomic E-state index is 0.0568. The molecule has 0 unspecified atom stereocenters. The zero-order chi connectivity index (χ0) is 16.1. The molecule has 1 N–H and O–H groups in total. The summed E-state index contributed by atoms with van der Waals surface area (Å²) >= 11 is 0. The van der Waals surface area contributed by atoms with Crippen molar-refractivity contribution in [3.8, 4) is 11.3 Å². The first-order chi connectivity index (χ1) is 10.5. The molecule has 0 fully saturated rings. The van der Waals surface area contributed by atoms with Crippen LogP contribution in [0.2, 0.25) is 0 Å². The quantitative estimate of drug-likeness (QED) is 0.890. The highest BCUT2D eigenvalue weighted by atomic mass is 16.4. The van der Waals surface area contributed by atoms with Crippen LogP contribution < -0.4 is 5.56 Å². The van der Waals surface area contributed by atoms with E-state index in [0.29, 0.717) is 17.8 Å². The zero-order valence-electron chi connectivity index (χ0n) is 12.9. The summed E-state index contributed by atoms with van der Waals surface area (Å²) in [6.45, 7) is 4.51. The Kier molecular flexibility index (Phi) is 5.09. The minimum Gasteiger partial charge on any atom is -0.481 e. The molecule has 0 atom stereocenters. The van der Waals surface area contributed by atoms with Crippen LogP contribution in [0, 0.1) is 6.92 Å². The Morgan fingerprint density at radius 2 is 1.95 bits per heavy atom. The van der Waals surface area contributed by atoms with Gasteiger partial charge in [-0.25, -0.2) is 4.68 Å². The molecule has 0 amide bonds. The number of hydrogen-bond donors (Lipinski definition) is 1. The van der Waals surface area contributed by atoms with Crippen LogP contribution in [0.3, 0.4) is 0 Å². The van der Waals surface area contributed by atoms with Gasteiger partial charge in [0.05, 0.1) is 5.69 Å². The van der Waals surface area contributed by atoms with E-state index in [2.05, 4.69) is 5.10 Å². The van der Waals surface area contributed by atoms with Crippen LogP contribution in [0.4, 0.5) is 0 Å². The van der Waals surface area contributed by atoms with Crippen LogP contribution >= 0.6 is 0 Å². The molecule has 2 rings (SSSR count). The van der Waals surface area contributed by atoms with Crippen LogP contribution in [0.1, 0.15) is 30.9 Å². The molecule has 0 aliphatic carbocycles. The fourth-order valence-corrected chi connectivity index (χ4v) is 2.25. The first kappa shape index (κ1) is 15.9. The van der Waals surface area contributed by atoms with E-state index in [-0.39, 0.29) is 18.4 Å². The first-order valence-corrected chi connectivity index (χ1v) is 7.41. The molecule has 0 saturated carbocycles. The molecule has 22 heavy (non-hydrogen) atoms. The second-order valence-electron chi connectivity index (χ2n) is 5.34. The highest BCUT2D eigenvalue weighted by Gasteiger charge is 2.11. The Labute approximate surface area is 129 Å². The molecule has 2 aromatic rings. The third kappa shape index (κ3) is 3.81. The second kappa shape index (κ2) is 7.02. The van der Waals surface area contributed by atoms with Gasteiger partial charge in [0, 0.05) is 24.1 Å². The number of hydrogen-bond acceptors (Lipinski definition) is 3. The molecule has 0 aliphatic rings. The highest BCUT2D eigenvalue weighted by Crippen LogP contribution is 2.17. The van der Waals surface area contributed by atoms with Crippen LogP contribution in [-0.4, -0.2) is 20.9 Å². The summed E-state index contributed by atoms with van der Waals surface area (Å²) in [5.74, 6) is -0.907. The van der Waals surface area contributed by atoms with Crippen molar-refractivity contribution in [2.45, 2.75) is 39.7 Å². The molecule has 0 aliphatic heterocycles.